The fourth-order valence-corrected chi connectivity index (χ4v) is 3.82. The SMILES string of the molecule is Cc1cccc(-c2n[nH]n3c2nc(=O)c2ccc(C(=O)NCCc4ccccc4)cc23)c1. The highest BCUT2D eigenvalue weighted by Crippen LogP contribution is 2.23. The van der Waals surface area contributed by atoms with Crippen LogP contribution in [0.1, 0.15) is 21.5 Å². The summed E-state index contributed by atoms with van der Waals surface area (Å²) in [5, 5.41) is 10.7. The molecule has 0 aliphatic rings. The first kappa shape index (κ1) is 19.7. The predicted octanol–water partition coefficient (Wildman–Crippen LogP) is 3.52. The molecular formula is C25H21N5O2. The van der Waals surface area contributed by atoms with Gasteiger partial charge in [-0.15, -0.1) is 0 Å². The zero-order valence-electron chi connectivity index (χ0n) is 17.5. The maximum atomic E-state index is 12.7. The highest BCUT2D eigenvalue weighted by Gasteiger charge is 2.16. The van der Waals surface area contributed by atoms with Gasteiger partial charge in [0.25, 0.3) is 11.5 Å². The van der Waals surface area contributed by atoms with Crippen molar-refractivity contribution < 1.29 is 4.79 Å². The van der Waals surface area contributed by atoms with E-state index in [4.69, 9.17) is 0 Å². The number of aromatic amines is 1. The average molecular weight is 423 g/mol. The second kappa shape index (κ2) is 8.11. The van der Waals surface area contributed by atoms with E-state index in [1.165, 1.54) is 0 Å². The van der Waals surface area contributed by atoms with Gasteiger partial charge < -0.3 is 5.32 Å². The lowest BCUT2D eigenvalue weighted by Crippen LogP contribution is -2.25. The van der Waals surface area contributed by atoms with Crippen molar-refractivity contribution >= 4 is 22.5 Å². The smallest absolute Gasteiger partial charge is 0.281 e. The van der Waals surface area contributed by atoms with Crippen molar-refractivity contribution in [2.75, 3.05) is 6.54 Å². The highest BCUT2D eigenvalue weighted by atomic mass is 16.1. The third kappa shape index (κ3) is 3.65. The zero-order chi connectivity index (χ0) is 22.1. The molecule has 1 amide bonds. The fraction of sp³-hybridized carbons (Fsp3) is 0.120. The molecule has 0 unspecified atom stereocenters. The van der Waals surface area contributed by atoms with Gasteiger partial charge in [-0.3, -0.25) is 9.59 Å². The van der Waals surface area contributed by atoms with Crippen LogP contribution in [0.15, 0.2) is 77.6 Å². The molecule has 0 aliphatic heterocycles. The molecule has 0 aliphatic carbocycles. The van der Waals surface area contributed by atoms with E-state index < -0.39 is 0 Å². The number of aromatic nitrogens is 4. The molecule has 5 aromatic rings. The largest absolute Gasteiger partial charge is 0.352 e. The second-order valence-corrected chi connectivity index (χ2v) is 7.73. The van der Waals surface area contributed by atoms with Crippen LogP contribution in [-0.4, -0.2) is 32.3 Å². The van der Waals surface area contributed by atoms with Crippen molar-refractivity contribution in [1.82, 2.24) is 25.1 Å². The standard InChI is InChI=1S/C25H21N5O2/c1-16-6-5-9-18(14-16)22-23-27-25(32)20-11-10-19(15-21(20)30(23)29-28-22)24(31)26-13-12-17-7-3-2-4-8-17/h2-11,14-15,29H,12-13H2,1H3,(H,26,31). The van der Waals surface area contributed by atoms with Crippen molar-refractivity contribution in [1.29, 1.82) is 0 Å². The lowest BCUT2D eigenvalue weighted by Gasteiger charge is -2.07. The molecule has 0 saturated heterocycles. The minimum Gasteiger partial charge on any atom is -0.352 e. The third-order valence-electron chi connectivity index (χ3n) is 5.46. The average Bonchev–Trinajstić information content (AvgIpc) is 3.23. The molecule has 5 rings (SSSR count). The first-order chi connectivity index (χ1) is 15.6. The van der Waals surface area contributed by atoms with E-state index in [9.17, 15) is 9.59 Å². The van der Waals surface area contributed by atoms with Crippen LogP contribution in [0.4, 0.5) is 0 Å². The number of nitrogens with zero attached hydrogens (tertiary/aromatic N) is 3. The summed E-state index contributed by atoms with van der Waals surface area (Å²) in [5.41, 5.74) is 4.79. The number of hydrogen-bond donors (Lipinski definition) is 2. The molecule has 0 radical (unpaired) electrons. The Labute approximate surface area is 183 Å². The van der Waals surface area contributed by atoms with Crippen LogP contribution in [-0.2, 0) is 6.42 Å². The summed E-state index contributed by atoms with van der Waals surface area (Å²) in [6.07, 6.45) is 0.744. The van der Waals surface area contributed by atoms with E-state index in [-0.39, 0.29) is 11.5 Å². The first-order valence-corrected chi connectivity index (χ1v) is 10.4. The Hall–Kier alpha value is -4.26. The van der Waals surface area contributed by atoms with Gasteiger partial charge in [-0.05, 0) is 43.2 Å². The minimum absolute atomic E-state index is 0.195. The number of hydrogen-bond acceptors (Lipinski definition) is 4. The number of aryl methyl sites for hydroxylation is 1. The summed E-state index contributed by atoms with van der Waals surface area (Å²) in [6.45, 7) is 2.52. The summed E-state index contributed by atoms with van der Waals surface area (Å²) in [4.78, 5) is 29.6. The minimum atomic E-state index is -0.355. The van der Waals surface area contributed by atoms with Gasteiger partial charge >= 0.3 is 0 Å². The van der Waals surface area contributed by atoms with Crippen LogP contribution in [0.3, 0.4) is 0 Å². The Kier molecular flexibility index (Phi) is 4.99. The van der Waals surface area contributed by atoms with Gasteiger partial charge in [0.15, 0.2) is 5.65 Å². The number of fused-ring (bicyclic) bond motifs is 3. The molecule has 0 saturated carbocycles. The summed E-state index contributed by atoms with van der Waals surface area (Å²) in [5.74, 6) is -0.195. The van der Waals surface area contributed by atoms with Crippen LogP contribution in [0, 0.1) is 6.92 Å². The predicted molar refractivity (Wildman–Crippen MR) is 124 cm³/mol. The van der Waals surface area contributed by atoms with E-state index in [1.54, 1.807) is 22.7 Å². The van der Waals surface area contributed by atoms with E-state index in [2.05, 4.69) is 20.6 Å². The van der Waals surface area contributed by atoms with Crippen LogP contribution in [0.2, 0.25) is 0 Å². The van der Waals surface area contributed by atoms with Crippen molar-refractivity contribution in [3.63, 3.8) is 0 Å². The lowest BCUT2D eigenvalue weighted by molar-refractivity contribution is 0.0954. The molecule has 3 aromatic carbocycles. The lowest BCUT2D eigenvalue weighted by atomic mass is 10.1. The summed E-state index contributed by atoms with van der Waals surface area (Å²) in [7, 11) is 0. The number of nitrogens with one attached hydrogen (secondary N) is 2. The number of carbonyl (C=O) groups excluding carboxylic acids is 1. The number of carbonyl (C=O) groups is 1. The Balaban J connectivity index is 1.49. The molecular weight excluding hydrogens is 402 g/mol. The molecule has 2 N–H and O–H groups in total. The fourth-order valence-electron chi connectivity index (χ4n) is 3.82. The normalized spacial score (nSPS) is 11.2. The second-order valence-electron chi connectivity index (χ2n) is 7.73. The van der Waals surface area contributed by atoms with Crippen LogP contribution in [0.25, 0.3) is 27.8 Å². The van der Waals surface area contributed by atoms with Gasteiger partial charge in [0.1, 0.15) is 5.69 Å². The summed E-state index contributed by atoms with van der Waals surface area (Å²) in [6, 6.07) is 22.8. The maximum absolute atomic E-state index is 12.7. The quantitative estimate of drug-likeness (QED) is 0.452. The van der Waals surface area contributed by atoms with Crippen molar-refractivity contribution in [2.45, 2.75) is 13.3 Å². The topological polar surface area (TPSA) is 92.2 Å². The summed E-state index contributed by atoms with van der Waals surface area (Å²) < 4.78 is 1.65. The van der Waals surface area contributed by atoms with Crippen molar-refractivity contribution in [3.8, 4) is 11.3 Å². The molecule has 0 spiro atoms. The number of rotatable bonds is 5. The van der Waals surface area contributed by atoms with Crippen LogP contribution < -0.4 is 10.9 Å². The van der Waals surface area contributed by atoms with Gasteiger partial charge in [0.2, 0.25) is 0 Å². The molecule has 0 fully saturated rings. The third-order valence-corrected chi connectivity index (χ3v) is 5.46. The molecule has 7 heteroatoms. The van der Waals surface area contributed by atoms with Crippen LogP contribution >= 0.6 is 0 Å². The van der Waals surface area contributed by atoms with Crippen LogP contribution in [0.5, 0.6) is 0 Å². The first-order valence-electron chi connectivity index (χ1n) is 10.4. The van der Waals surface area contributed by atoms with Gasteiger partial charge in [-0.2, -0.15) is 10.1 Å². The molecule has 7 nitrogen and oxygen atoms in total. The van der Waals surface area contributed by atoms with Crippen molar-refractivity contribution in [3.05, 3.63) is 99.8 Å². The molecule has 2 heterocycles. The monoisotopic (exact) mass is 423 g/mol. The molecule has 158 valence electrons. The van der Waals surface area contributed by atoms with E-state index >= 15 is 0 Å². The molecule has 0 bridgehead atoms. The Morgan fingerprint density at radius 2 is 1.88 bits per heavy atom. The van der Waals surface area contributed by atoms with E-state index in [0.717, 1.165) is 23.1 Å². The Bertz CT molecular complexity index is 1500. The summed E-state index contributed by atoms with van der Waals surface area (Å²) >= 11 is 0. The molecule has 0 atom stereocenters. The Morgan fingerprint density at radius 1 is 1.03 bits per heavy atom. The number of H-pyrrole nitrogens is 1. The van der Waals surface area contributed by atoms with Crippen molar-refractivity contribution in [2.24, 2.45) is 0 Å². The van der Waals surface area contributed by atoms with Gasteiger partial charge in [-0.1, -0.05) is 54.1 Å². The molecule has 2 aromatic heterocycles. The number of benzene rings is 3. The van der Waals surface area contributed by atoms with Gasteiger partial charge in [0.05, 0.1) is 10.9 Å². The van der Waals surface area contributed by atoms with E-state index in [0.29, 0.717) is 34.4 Å². The zero-order valence-corrected chi connectivity index (χ0v) is 17.5. The van der Waals surface area contributed by atoms with E-state index in [1.807, 2.05) is 61.5 Å². The Morgan fingerprint density at radius 3 is 2.69 bits per heavy atom. The van der Waals surface area contributed by atoms with Gasteiger partial charge in [0, 0.05) is 17.7 Å². The number of amides is 1. The molecule has 32 heavy (non-hydrogen) atoms. The van der Waals surface area contributed by atoms with Gasteiger partial charge in [-0.25, -0.2) is 9.73 Å². The highest BCUT2D eigenvalue weighted by molar-refractivity contribution is 5.98. The maximum Gasteiger partial charge on any atom is 0.281 e.